The molecule has 1 aromatic rings. The Bertz CT molecular complexity index is 364. The average molecular weight is 212 g/mol. The molecule has 0 spiro atoms. The molecule has 76 valence electrons. The highest BCUT2D eigenvalue weighted by Gasteiger charge is 2.18. The molecule has 0 heterocycles. The molecule has 0 saturated carbocycles. The molecule has 1 rings (SSSR count). The molecule has 0 amide bonds. The minimum Gasteiger partial charge on any atom is -0.321 e. The summed E-state index contributed by atoms with van der Waals surface area (Å²) in [4.78, 5) is 18.0. The lowest BCUT2D eigenvalue weighted by molar-refractivity contribution is 0.381. The van der Waals surface area contributed by atoms with Crippen molar-refractivity contribution in [3.8, 4) is 0 Å². The molecule has 0 saturated heterocycles. The summed E-state index contributed by atoms with van der Waals surface area (Å²) >= 11 is 0. The topological polar surface area (TPSA) is 57.5 Å². The number of hydrogen-bond donors (Lipinski definition) is 2. The number of benzene rings is 1. The van der Waals surface area contributed by atoms with Crippen LogP contribution in [0.1, 0.15) is 18.9 Å². The lowest BCUT2D eigenvalue weighted by Crippen LogP contribution is -1.84. The highest BCUT2D eigenvalue weighted by Crippen LogP contribution is 2.47. The first-order valence-electron chi connectivity index (χ1n) is 4.35. The van der Waals surface area contributed by atoms with Gasteiger partial charge in [-0.2, -0.15) is 0 Å². The molecule has 0 bridgehead atoms. The average Bonchev–Trinajstić information content (AvgIpc) is 2.14. The molecule has 0 aliphatic rings. The van der Waals surface area contributed by atoms with E-state index in [0.717, 1.165) is 5.56 Å². The summed E-state index contributed by atoms with van der Waals surface area (Å²) in [5.74, 6) is 0. The SMILES string of the molecule is CC/C(=C/c1ccccc1)P(=O)(O)O. The van der Waals surface area contributed by atoms with Crippen molar-refractivity contribution in [1.82, 2.24) is 0 Å². The van der Waals surface area contributed by atoms with E-state index >= 15 is 0 Å². The molecule has 3 nitrogen and oxygen atoms in total. The first kappa shape index (κ1) is 11.2. The minimum absolute atomic E-state index is 0.170. The standard InChI is InChI=1S/C10H13O3P/c1-2-10(14(11,12)13)8-9-6-4-3-5-7-9/h3-8H,2H2,1H3,(H2,11,12,13)/b10-8-. The molecular weight excluding hydrogens is 199 g/mol. The maximum absolute atomic E-state index is 11.0. The Morgan fingerprint density at radius 2 is 1.93 bits per heavy atom. The fraction of sp³-hybridized carbons (Fsp3) is 0.200. The lowest BCUT2D eigenvalue weighted by atomic mass is 10.2. The van der Waals surface area contributed by atoms with Crippen molar-refractivity contribution in [1.29, 1.82) is 0 Å². The normalized spacial score (nSPS) is 12.9. The van der Waals surface area contributed by atoms with E-state index in [4.69, 9.17) is 9.79 Å². The van der Waals surface area contributed by atoms with Gasteiger partial charge in [0.15, 0.2) is 0 Å². The Kier molecular flexibility index (Phi) is 3.64. The van der Waals surface area contributed by atoms with E-state index in [1.807, 2.05) is 30.3 Å². The number of allylic oxidation sites excluding steroid dienone is 1. The summed E-state index contributed by atoms with van der Waals surface area (Å²) in [6.45, 7) is 1.73. The quantitative estimate of drug-likeness (QED) is 0.757. The van der Waals surface area contributed by atoms with Crippen LogP contribution in [0.4, 0.5) is 0 Å². The second-order valence-corrected chi connectivity index (χ2v) is 4.61. The Labute approximate surface area is 83.3 Å². The van der Waals surface area contributed by atoms with Gasteiger partial charge in [0.2, 0.25) is 0 Å². The third-order valence-corrected chi connectivity index (χ3v) is 3.06. The summed E-state index contributed by atoms with van der Waals surface area (Å²) in [6.07, 6.45) is 1.90. The molecule has 0 aromatic heterocycles. The molecule has 2 N–H and O–H groups in total. The van der Waals surface area contributed by atoms with Gasteiger partial charge in [-0.3, -0.25) is 4.57 Å². The van der Waals surface area contributed by atoms with Crippen molar-refractivity contribution < 1.29 is 14.4 Å². The van der Waals surface area contributed by atoms with Crippen LogP contribution in [-0.2, 0) is 4.57 Å². The minimum atomic E-state index is -4.08. The molecular formula is C10H13O3P. The van der Waals surface area contributed by atoms with E-state index in [9.17, 15) is 4.57 Å². The van der Waals surface area contributed by atoms with Crippen LogP contribution in [0.3, 0.4) is 0 Å². The monoisotopic (exact) mass is 212 g/mol. The van der Waals surface area contributed by atoms with Crippen LogP contribution in [0.2, 0.25) is 0 Å². The fourth-order valence-electron chi connectivity index (χ4n) is 1.13. The third kappa shape index (κ3) is 3.11. The van der Waals surface area contributed by atoms with Crippen LogP contribution < -0.4 is 0 Å². The fourth-order valence-corrected chi connectivity index (χ4v) is 1.86. The lowest BCUT2D eigenvalue weighted by Gasteiger charge is -2.06. The number of rotatable bonds is 3. The Balaban J connectivity index is 3.02. The summed E-state index contributed by atoms with van der Waals surface area (Å²) < 4.78 is 11.0. The molecule has 1 aromatic carbocycles. The van der Waals surface area contributed by atoms with E-state index in [2.05, 4.69) is 0 Å². The van der Waals surface area contributed by atoms with Gasteiger partial charge in [-0.25, -0.2) is 0 Å². The van der Waals surface area contributed by atoms with Crippen LogP contribution in [0.5, 0.6) is 0 Å². The maximum atomic E-state index is 11.0. The van der Waals surface area contributed by atoms with Gasteiger partial charge >= 0.3 is 7.60 Å². The van der Waals surface area contributed by atoms with E-state index < -0.39 is 7.60 Å². The van der Waals surface area contributed by atoms with Crippen LogP contribution in [-0.4, -0.2) is 9.79 Å². The van der Waals surface area contributed by atoms with Crippen molar-refractivity contribution in [2.45, 2.75) is 13.3 Å². The van der Waals surface area contributed by atoms with E-state index in [1.54, 1.807) is 13.0 Å². The second-order valence-electron chi connectivity index (χ2n) is 2.94. The molecule has 0 radical (unpaired) electrons. The van der Waals surface area contributed by atoms with E-state index in [-0.39, 0.29) is 5.31 Å². The van der Waals surface area contributed by atoms with Gasteiger partial charge in [0, 0.05) is 5.31 Å². The summed E-state index contributed by atoms with van der Waals surface area (Å²) in [5.41, 5.74) is 0.813. The maximum Gasteiger partial charge on any atom is 0.352 e. The van der Waals surface area contributed by atoms with Crippen molar-refractivity contribution in [2.24, 2.45) is 0 Å². The highest BCUT2D eigenvalue weighted by atomic mass is 31.2. The van der Waals surface area contributed by atoms with Crippen molar-refractivity contribution in [3.05, 3.63) is 41.2 Å². The van der Waals surface area contributed by atoms with Gasteiger partial charge in [0.25, 0.3) is 0 Å². The number of hydrogen-bond acceptors (Lipinski definition) is 1. The van der Waals surface area contributed by atoms with Gasteiger partial charge in [0.1, 0.15) is 0 Å². The van der Waals surface area contributed by atoms with Crippen LogP contribution in [0.15, 0.2) is 35.6 Å². The largest absolute Gasteiger partial charge is 0.352 e. The molecule has 0 aliphatic carbocycles. The van der Waals surface area contributed by atoms with Crippen molar-refractivity contribution in [2.75, 3.05) is 0 Å². The first-order chi connectivity index (χ1) is 6.54. The predicted molar refractivity (Wildman–Crippen MR) is 56.8 cm³/mol. The van der Waals surface area contributed by atoms with E-state index in [0.29, 0.717) is 6.42 Å². The Morgan fingerprint density at radius 1 is 1.36 bits per heavy atom. The van der Waals surface area contributed by atoms with Gasteiger partial charge in [-0.1, -0.05) is 37.3 Å². The highest BCUT2D eigenvalue weighted by molar-refractivity contribution is 7.56. The molecule has 14 heavy (non-hydrogen) atoms. The molecule has 4 heteroatoms. The summed E-state index contributed by atoms with van der Waals surface area (Å²) in [7, 11) is -4.08. The van der Waals surface area contributed by atoms with Gasteiger partial charge in [-0.05, 0) is 18.1 Å². The van der Waals surface area contributed by atoms with Gasteiger partial charge in [0.05, 0.1) is 0 Å². The van der Waals surface area contributed by atoms with Crippen molar-refractivity contribution in [3.63, 3.8) is 0 Å². The van der Waals surface area contributed by atoms with Crippen LogP contribution in [0.25, 0.3) is 6.08 Å². The first-order valence-corrected chi connectivity index (χ1v) is 5.97. The summed E-state index contributed by atoms with van der Waals surface area (Å²) in [6, 6.07) is 9.15. The molecule has 0 fully saturated rings. The molecule has 0 aliphatic heterocycles. The van der Waals surface area contributed by atoms with Crippen molar-refractivity contribution >= 4 is 13.7 Å². The smallest absolute Gasteiger partial charge is 0.321 e. The Morgan fingerprint density at radius 3 is 2.36 bits per heavy atom. The van der Waals surface area contributed by atoms with Crippen LogP contribution >= 0.6 is 7.60 Å². The van der Waals surface area contributed by atoms with Gasteiger partial charge in [-0.15, -0.1) is 0 Å². The zero-order valence-electron chi connectivity index (χ0n) is 7.92. The second kappa shape index (κ2) is 4.56. The third-order valence-electron chi connectivity index (χ3n) is 1.87. The van der Waals surface area contributed by atoms with E-state index in [1.165, 1.54) is 0 Å². The summed E-state index contributed by atoms with van der Waals surface area (Å²) in [5, 5.41) is 0.170. The molecule has 0 unspecified atom stereocenters. The zero-order chi connectivity index (χ0) is 10.6. The Hall–Kier alpha value is -0.890. The molecule has 0 atom stereocenters. The van der Waals surface area contributed by atoms with Crippen LogP contribution in [0, 0.1) is 0 Å². The predicted octanol–water partition coefficient (Wildman–Crippen LogP) is 2.62. The zero-order valence-corrected chi connectivity index (χ0v) is 8.82. The van der Waals surface area contributed by atoms with Gasteiger partial charge < -0.3 is 9.79 Å².